The van der Waals surface area contributed by atoms with Crippen molar-refractivity contribution in [1.29, 1.82) is 0 Å². The third-order valence-electron chi connectivity index (χ3n) is 4.86. The Morgan fingerprint density at radius 1 is 0.722 bits per heavy atom. The van der Waals surface area contributed by atoms with Crippen LogP contribution in [0.5, 0.6) is 0 Å². The minimum Gasteiger partial charge on any atom is -0.478 e. The normalized spacial score (nSPS) is 24.3. The lowest BCUT2D eigenvalue weighted by atomic mass is 9.94. The average molecular weight is 516 g/mol. The van der Waals surface area contributed by atoms with Crippen molar-refractivity contribution >= 4 is 35.8 Å². The molecule has 1 N–H and O–H groups in total. The summed E-state index contributed by atoms with van der Waals surface area (Å²) in [6, 6.07) is 0. The second-order valence-electron chi connectivity index (χ2n) is 7.55. The largest absolute Gasteiger partial charge is 0.478 e. The Morgan fingerprint density at radius 3 is 1.64 bits per heavy atom. The van der Waals surface area contributed by atoms with Crippen LogP contribution in [0.2, 0.25) is 0 Å². The van der Waals surface area contributed by atoms with Crippen molar-refractivity contribution in [1.82, 2.24) is 0 Å². The Balaban J connectivity index is 3.51. The van der Waals surface area contributed by atoms with Crippen molar-refractivity contribution in [3.05, 3.63) is 12.2 Å². The summed E-state index contributed by atoms with van der Waals surface area (Å²) < 4.78 is 32.6. The van der Waals surface area contributed by atoms with E-state index in [1.165, 1.54) is 34.6 Å². The molecule has 6 atom stereocenters. The lowest BCUT2D eigenvalue weighted by Gasteiger charge is -2.45. The molecule has 0 aromatic heterocycles. The first-order valence-electron chi connectivity index (χ1n) is 11.5. The number of aliphatic carboxylic acids is 1. The van der Waals surface area contributed by atoms with E-state index in [1.807, 2.05) is 0 Å². The SMILES string of the molecule is CCC(=O)O[C@@H]1O[C@H](C(C)OC(=O)/C=C/C(=O)O)[C@@H](OC(=O)CC)[C@H](OC(=O)CC)[C@H]1OC(=O)CC. The molecule has 1 aliphatic heterocycles. The van der Waals surface area contributed by atoms with Gasteiger partial charge in [-0.05, 0) is 6.92 Å². The predicted molar refractivity (Wildman–Crippen MR) is 118 cm³/mol. The molecular formula is C23H32O13. The first-order chi connectivity index (χ1) is 17.0. The van der Waals surface area contributed by atoms with Gasteiger partial charge in [0.15, 0.2) is 12.2 Å². The number of carbonyl (C=O) groups excluding carboxylic acids is 5. The van der Waals surface area contributed by atoms with Crippen molar-refractivity contribution in [2.45, 2.75) is 97.1 Å². The lowest BCUT2D eigenvalue weighted by molar-refractivity contribution is -0.308. The Bertz CT molecular complexity index is 849. The molecule has 0 spiro atoms. The smallest absolute Gasteiger partial charge is 0.331 e. The van der Waals surface area contributed by atoms with Gasteiger partial charge in [0, 0.05) is 37.8 Å². The van der Waals surface area contributed by atoms with Crippen LogP contribution in [0.4, 0.5) is 0 Å². The third kappa shape index (κ3) is 9.29. The van der Waals surface area contributed by atoms with E-state index in [0.717, 1.165) is 0 Å². The molecule has 1 rings (SSSR count). The maximum absolute atomic E-state index is 12.3. The fraction of sp³-hybridized carbons (Fsp3) is 0.652. The van der Waals surface area contributed by atoms with E-state index in [-0.39, 0.29) is 25.7 Å². The number of carboxylic acid groups (broad SMARTS) is 1. The van der Waals surface area contributed by atoms with E-state index in [1.54, 1.807) is 0 Å². The molecule has 0 amide bonds. The molecule has 13 nitrogen and oxygen atoms in total. The molecule has 1 heterocycles. The van der Waals surface area contributed by atoms with Crippen LogP contribution < -0.4 is 0 Å². The van der Waals surface area contributed by atoms with Crippen LogP contribution in [0.15, 0.2) is 12.2 Å². The highest BCUT2D eigenvalue weighted by Crippen LogP contribution is 2.32. The van der Waals surface area contributed by atoms with Crippen molar-refractivity contribution in [2.75, 3.05) is 0 Å². The first-order valence-corrected chi connectivity index (χ1v) is 11.5. The molecule has 202 valence electrons. The van der Waals surface area contributed by atoms with Gasteiger partial charge >= 0.3 is 35.8 Å². The second kappa shape index (κ2) is 14.8. The monoisotopic (exact) mass is 516 g/mol. The highest BCUT2D eigenvalue weighted by molar-refractivity contribution is 5.90. The first kappa shape index (κ1) is 30.6. The third-order valence-corrected chi connectivity index (χ3v) is 4.86. The maximum atomic E-state index is 12.3. The molecule has 1 saturated heterocycles. The molecule has 1 unspecified atom stereocenters. The van der Waals surface area contributed by atoms with Crippen molar-refractivity contribution in [3.63, 3.8) is 0 Å². The highest BCUT2D eigenvalue weighted by Gasteiger charge is 2.55. The summed E-state index contributed by atoms with van der Waals surface area (Å²) in [5, 5.41) is 8.70. The molecule has 0 aliphatic carbocycles. The van der Waals surface area contributed by atoms with Crippen molar-refractivity contribution in [3.8, 4) is 0 Å². The number of esters is 5. The van der Waals surface area contributed by atoms with E-state index in [4.69, 9.17) is 33.5 Å². The minimum atomic E-state index is -1.61. The van der Waals surface area contributed by atoms with Crippen LogP contribution in [-0.2, 0) is 57.2 Å². The Labute approximate surface area is 208 Å². The Kier molecular flexibility index (Phi) is 12.6. The van der Waals surface area contributed by atoms with Crippen LogP contribution in [0.25, 0.3) is 0 Å². The van der Waals surface area contributed by atoms with Crippen LogP contribution in [0.3, 0.4) is 0 Å². The summed E-state index contributed by atoms with van der Waals surface area (Å²) in [6.07, 6.45) is -7.78. The molecule has 36 heavy (non-hydrogen) atoms. The molecule has 0 bridgehead atoms. The topological polar surface area (TPSA) is 178 Å². The zero-order chi connectivity index (χ0) is 27.4. The molecule has 1 aliphatic rings. The molecule has 0 saturated carbocycles. The Morgan fingerprint density at radius 2 is 1.17 bits per heavy atom. The van der Waals surface area contributed by atoms with E-state index in [9.17, 15) is 28.8 Å². The molecule has 0 radical (unpaired) electrons. The average Bonchev–Trinajstić information content (AvgIpc) is 2.84. The van der Waals surface area contributed by atoms with Gasteiger partial charge in [0.25, 0.3) is 0 Å². The maximum Gasteiger partial charge on any atom is 0.331 e. The number of hydrogen-bond donors (Lipinski definition) is 1. The fourth-order valence-electron chi connectivity index (χ4n) is 3.05. The van der Waals surface area contributed by atoms with E-state index in [2.05, 4.69) is 0 Å². The van der Waals surface area contributed by atoms with Crippen molar-refractivity contribution in [2.24, 2.45) is 0 Å². The van der Waals surface area contributed by atoms with Gasteiger partial charge < -0.3 is 33.5 Å². The van der Waals surface area contributed by atoms with Gasteiger partial charge in [-0.1, -0.05) is 27.7 Å². The van der Waals surface area contributed by atoms with Gasteiger partial charge in [0.2, 0.25) is 12.4 Å². The van der Waals surface area contributed by atoms with Crippen molar-refractivity contribution < 1.29 is 62.3 Å². The predicted octanol–water partition coefficient (Wildman–Crippen LogP) is 1.20. The van der Waals surface area contributed by atoms with Gasteiger partial charge in [0.1, 0.15) is 12.2 Å². The number of rotatable bonds is 12. The summed E-state index contributed by atoms with van der Waals surface area (Å²) in [4.78, 5) is 71.5. The molecule has 0 aromatic rings. The zero-order valence-corrected chi connectivity index (χ0v) is 20.8. The van der Waals surface area contributed by atoms with Crippen LogP contribution in [0, 0.1) is 0 Å². The summed E-state index contributed by atoms with van der Waals surface area (Å²) >= 11 is 0. The van der Waals surface area contributed by atoms with Crippen LogP contribution >= 0.6 is 0 Å². The summed E-state index contributed by atoms with van der Waals surface area (Å²) in [5.41, 5.74) is 0. The zero-order valence-electron chi connectivity index (χ0n) is 20.8. The molecule has 13 heteroatoms. The summed E-state index contributed by atoms with van der Waals surface area (Å²) in [5.74, 6) is -5.41. The number of carboxylic acids is 1. The van der Waals surface area contributed by atoms with Gasteiger partial charge in [-0.3, -0.25) is 19.2 Å². The number of carbonyl (C=O) groups is 6. The van der Waals surface area contributed by atoms with E-state index >= 15 is 0 Å². The van der Waals surface area contributed by atoms with Gasteiger partial charge in [-0.25, -0.2) is 9.59 Å². The van der Waals surface area contributed by atoms with Crippen LogP contribution in [0.1, 0.15) is 60.3 Å². The second-order valence-corrected chi connectivity index (χ2v) is 7.55. The van der Waals surface area contributed by atoms with Gasteiger partial charge in [-0.2, -0.15) is 0 Å². The quantitative estimate of drug-likeness (QED) is 0.222. The molecule has 0 aromatic carbocycles. The standard InChI is InChI=1S/C23H32O13/c1-6-14(26)32-20-19(12(5)31-18(30)11-10-13(24)25)36-23(35-17(29)9-4)22(34-16(28)8-3)21(20)33-15(27)7-2/h10-12,19-23H,6-9H2,1-5H3,(H,24,25)/b11-10+/t12?,19-,20-,21+,22-,23-/m1/s1. The lowest BCUT2D eigenvalue weighted by Crippen LogP contribution is -2.64. The van der Waals surface area contributed by atoms with Gasteiger partial charge in [0.05, 0.1) is 0 Å². The van der Waals surface area contributed by atoms with Gasteiger partial charge in [-0.15, -0.1) is 0 Å². The molecule has 1 fully saturated rings. The van der Waals surface area contributed by atoms with E-state index in [0.29, 0.717) is 12.2 Å². The molecular weight excluding hydrogens is 484 g/mol. The number of ether oxygens (including phenoxy) is 6. The minimum absolute atomic E-state index is 0.0723. The number of hydrogen-bond acceptors (Lipinski definition) is 12. The van der Waals surface area contributed by atoms with Crippen LogP contribution in [-0.4, -0.2) is 77.7 Å². The highest BCUT2D eigenvalue weighted by atomic mass is 16.7. The summed E-state index contributed by atoms with van der Waals surface area (Å²) in [6.45, 7) is 7.38. The Hall–Kier alpha value is -3.48. The fourth-order valence-corrected chi connectivity index (χ4v) is 3.05. The summed E-state index contributed by atoms with van der Waals surface area (Å²) in [7, 11) is 0. The van der Waals surface area contributed by atoms with E-state index < -0.39 is 72.6 Å².